The Bertz CT molecular complexity index is 376. The molecule has 0 fully saturated rings. The van der Waals surface area contributed by atoms with Crippen molar-refractivity contribution >= 4 is 11.8 Å². The lowest BCUT2D eigenvalue weighted by Crippen LogP contribution is -2.28. The van der Waals surface area contributed by atoms with Crippen molar-refractivity contribution in [3.05, 3.63) is 35.9 Å². The highest BCUT2D eigenvalue weighted by Crippen LogP contribution is 2.07. The lowest BCUT2D eigenvalue weighted by molar-refractivity contribution is -0.152. The zero-order chi connectivity index (χ0) is 12.7. The van der Waals surface area contributed by atoms with Gasteiger partial charge in [0, 0.05) is 6.42 Å². The van der Waals surface area contributed by atoms with Crippen molar-refractivity contribution in [1.29, 1.82) is 0 Å². The molecule has 0 aliphatic carbocycles. The molecule has 0 N–H and O–H groups in total. The lowest BCUT2D eigenvalue weighted by Gasteiger charge is -2.06. The third kappa shape index (κ3) is 4.34. The van der Waals surface area contributed by atoms with Gasteiger partial charge in [-0.15, -0.1) is 0 Å². The maximum Gasteiger partial charge on any atom is 0.348 e. The molecule has 3 nitrogen and oxygen atoms in total. The molecule has 92 valence electrons. The summed E-state index contributed by atoms with van der Waals surface area (Å²) in [5, 5.41) is 0. The molecule has 0 aliphatic rings. The number of benzene rings is 1. The number of esters is 1. The minimum absolute atomic E-state index is 0.00396. The third-order valence-electron chi connectivity index (χ3n) is 2.28. The van der Waals surface area contributed by atoms with Crippen molar-refractivity contribution in [3.63, 3.8) is 0 Å². The number of hydrogen-bond donors (Lipinski definition) is 0. The Morgan fingerprint density at radius 3 is 2.53 bits per heavy atom. The summed E-state index contributed by atoms with van der Waals surface area (Å²) in [5.74, 6) is -1.82. The molecule has 17 heavy (non-hydrogen) atoms. The molecule has 0 saturated carbocycles. The van der Waals surface area contributed by atoms with Crippen LogP contribution in [0.25, 0.3) is 0 Å². The van der Waals surface area contributed by atoms with Gasteiger partial charge in [-0.1, -0.05) is 30.3 Å². The van der Waals surface area contributed by atoms with Gasteiger partial charge in [0.25, 0.3) is 6.17 Å². The summed E-state index contributed by atoms with van der Waals surface area (Å²) in [5.41, 5.74) is 0.942. The number of Topliss-reactive ketones (excluding diaryl/α,β-unsaturated/α-hetero) is 1. The van der Waals surface area contributed by atoms with E-state index < -0.39 is 17.9 Å². The molecule has 0 saturated heterocycles. The SMILES string of the molecule is CCOC(=O)C(F)C(=O)CCc1ccccc1. The van der Waals surface area contributed by atoms with E-state index in [-0.39, 0.29) is 13.0 Å². The Kier molecular flexibility index (Phi) is 5.33. The van der Waals surface area contributed by atoms with E-state index in [1.54, 1.807) is 6.92 Å². The van der Waals surface area contributed by atoms with Crippen LogP contribution in [0.3, 0.4) is 0 Å². The molecule has 1 aromatic rings. The second-order valence-electron chi connectivity index (χ2n) is 3.57. The zero-order valence-electron chi connectivity index (χ0n) is 9.69. The van der Waals surface area contributed by atoms with Crippen LogP contribution >= 0.6 is 0 Å². The van der Waals surface area contributed by atoms with Gasteiger partial charge in [-0.25, -0.2) is 9.18 Å². The number of halogens is 1. The first kappa shape index (κ1) is 13.4. The van der Waals surface area contributed by atoms with Gasteiger partial charge < -0.3 is 4.74 Å². The minimum atomic E-state index is -2.15. The van der Waals surface area contributed by atoms with Gasteiger partial charge in [0.2, 0.25) is 0 Å². The number of carbonyl (C=O) groups is 2. The molecule has 1 unspecified atom stereocenters. The van der Waals surface area contributed by atoms with E-state index >= 15 is 0 Å². The van der Waals surface area contributed by atoms with E-state index in [9.17, 15) is 14.0 Å². The minimum Gasteiger partial charge on any atom is -0.463 e. The van der Waals surface area contributed by atoms with E-state index in [0.717, 1.165) is 5.56 Å². The summed E-state index contributed by atoms with van der Waals surface area (Å²) in [6.07, 6.45) is -1.72. The molecule has 0 bridgehead atoms. The highest BCUT2D eigenvalue weighted by atomic mass is 19.1. The summed E-state index contributed by atoms with van der Waals surface area (Å²) in [6, 6.07) is 9.26. The van der Waals surface area contributed by atoms with Crippen molar-refractivity contribution in [3.8, 4) is 0 Å². The van der Waals surface area contributed by atoms with Gasteiger partial charge in [-0.2, -0.15) is 0 Å². The van der Waals surface area contributed by atoms with Crippen LogP contribution in [-0.2, 0) is 20.7 Å². The average molecular weight is 238 g/mol. The van der Waals surface area contributed by atoms with Crippen molar-refractivity contribution in [2.75, 3.05) is 6.61 Å². The van der Waals surface area contributed by atoms with Crippen LogP contribution in [0.4, 0.5) is 4.39 Å². The molecule has 0 amide bonds. The molecular weight excluding hydrogens is 223 g/mol. The summed E-state index contributed by atoms with van der Waals surface area (Å²) in [4.78, 5) is 22.3. The van der Waals surface area contributed by atoms with Crippen molar-refractivity contribution in [2.24, 2.45) is 0 Å². The summed E-state index contributed by atoms with van der Waals surface area (Å²) in [7, 11) is 0. The summed E-state index contributed by atoms with van der Waals surface area (Å²) < 4.78 is 17.7. The van der Waals surface area contributed by atoms with Gasteiger partial charge in [0.1, 0.15) is 0 Å². The fraction of sp³-hybridized carbons (Fsp3) is 0.385. The standard InChI is InChI=1S/C13H15FO3/c1-2-17-13(16)12(14)11(15)9-8-10-6-4-3-5-7-10/h3-7,12H,2,8-9H2,1H3. The maximum absolute atomic E-state index is 13.3. The van der Waals surface area contributed by atoms with Gasteiger partial charge in [-0.05, 0) is 18.9 Å². The monoisotopic (exact) mass is 238 g/mol. The Hall–Kier alpha value is -1.71. The van der Waals surface area contributed by atoms with Crippen molar-refractivity contribution in [1.82, 2.24) is 0 Å². The van der Waals surface area contributed by atoms with Gasteiger partial charge in [0.15, 0.2) is 5.78 Å². The van der Waals surface area contributed by atoms with Crippen LogP contribution in [0.15, 0.2) is 30.3 Å². The highest BCUT2D eigenvalue weighted by molar-refractivity contribution is 6.01. The second kappa shape index (κ2) is 6.78. The van der Waals surface area contributed by atoms with Crippen molar-refractivity contribution in [2.45, 2.75) is 25.9 Å². The number of carbonyl (C=O) groups excluding carboxylic acids is 2. The molecule has 0 aromatic heterocycles. The molecular formula is C13H15FO3. The number of hydrogen-bond acceptors (Lipinski definition) is 3. The first-order valence-corrected chi connectivity index (χ1v) is 5.52. The first-order valence-electron chi connectivity index (χ1n) is 5.52. The summed E-state index contributed by atoms with van der Waals surface area (Å²) >= 11 is 0. The van der Waals surface area contributed by atoms with Crippen molar-refractivity contribution < 1.29 is 18.7 Å². The Morgan fingerprint density at radius 2 is 1.94 bits per heavy atom. The highest BCUT2D eigenvalue weighted by Gasteiger charge is 2.26. The van der Waals surface area contributed by atoms with Gasteiger partial charge in [0.05, 0.1) is 6.61 Å². The molecule has 1 rings (SSSR count). The van der Waals surface area contributed by atoms with Crippen LogP contribution in [0.5, 0.6) is 0 Å². The zero-order valence-corrected chi connectivity index (χ0v) is 9.69. The summed E-state index contributed by atoms with van der Waals surface area (Å²) in [6.45, 7) is 1.64. The fourth-order valence-corrected chi connectivity index (χ4v) is 1.39. The fourth-order valence-electron chi connectivity index (χ4n) is 1.39. The molecule has 1 aromatic carbocycles. The normalized spacial score (nSPS) is 11.9. The Balaban J connectivity index is 2.42. The van der Waals surface area contributed by atoms with Crippen LogP contribution in [0, 0.1) is 0 Å². The number of ketones is 1. The van der Waals surface area contributed by atoms with E-state index in [1.165, 1.54) is 0 Å². The van der Waals surface area contributed by atoms with Crippen LogP contribution in [-0.4, -0.2) is 24.5 Å². The predicted molar refractivity (Wildman–Crippen MR) is 61.3 cm³/mol. The Morgan fingerprint density at radius 1 is 1.29 bits per heavy atom. The second-order valence-corrected chi connectivity index (χ2v) is 3.57. The Labute approximate surface area is 99.6 Å². The number of rotatable bonds is 6. The van der Waals surface area contributed by atoms with E-state index in [0.29, 0.717) is 6.42 Å². The van der Waals surface area contributed by atoms with Crippen LogP contribution < -0.4 is 0 Å². The molecule has 0 radical (unpaired) electrons. The van der Waals surface area contributed by atoms with Crippen LogP contribution in [0.1, 0.15) is 18.9 Å². The predicted octanol–water partition coefficient (Wildman–Crippen LogP) is 2.09. The third-order valence-corrected chi connectivity index (χ3v) is 2.28. The average Bonchev–Trinajstić information content (AvgIpc) is 2.36. The lowest BCUT2D eigenvalue weighted by atomic mass is 10.1. The number of aryl methyl sites for hydroxylation is 1. The quantitative estimate of drug-likeness (QED) is 0.563. The smallest absolute Gasteiger partial charge is 0.348 e. The molecule has 4 heteroatoms. The largest absolute Gasteiger partial charge is 0.463 e. The number of ether oxygens (including phenoxy) is 1. The molecule has 1 atom stereocenters. The first-order chi connectivity index (χ1) is 8.15. The van der Waals surface area contributed by atoms with Gasteiger partial charge in [-0.3, -0.25) is 4.79 Å². The number of alkyl halides is 1. The molecule has 0 aliphatic heterocycles. The maximum atomic E-state index is 13.3. The topological polar surface area (TPSA) is 43.4 Å². The van der Waals surface area contributed by atoms with Gasteiger partial charge >= 0.3 is 5.97 Å². The molecule has 0 spiro atoms. The van der Waals surface area contributed by atoms with E-state index in [4.69, 9.17) is 0 Å². The van der Waals surface area contributed by atoms with Crippen LogP contribution in [0.2, 0.25) is 0 Å². The van der Waals surface area contributed by atoms with E-state index in [1.807, 2.05) is 30.3 Å². The molecule has 0 heterocycles. The van der Waals surface area contributed by atoms with E-state index in [2.05, 4.69) is 4.74 Å².